The van der Waals surface area contributed by atoms with Crippen molar-refractivity contribution in [1.82, 2.24) is 15.1 Å². The zero-order valence-corrected chi connectivity index (χ0v) is 14.2. The molecule has 0 aliphatic heterocycles. The Morgan fingerprint density at radius 3 is 2.80 bits per heavy atom. The molecule has 0 bridgehead atoms. The van der Waals surface area contributed by atoms with Crippen molar-refractivity contribution < 1.29 is 23.5 Å². The number of esters is 1. The number of nitrogens with zero attached hydrogens (tertiary/aromatic N) is 2. The Labute approximate surface area is 147 Å². The number of aromatic nitrogens is 3. The van der Waals surface area contributed by atoms with Crippen LogP contribution in [0.25, 0.3) is 11.4 Å². The van der Waals surface area contributed by atoms with Crippen molar-refractivity contribution in [3.8, 4) is 22.9 Å². The molecule has 3 rings (SSSR count). The minimum absolute atomic E-state index is 0.152. The molecule has 130 valence electrons. The number of nitrogens with one attached hydrogen (secondary N) is 1. The van der Waals surface area contributed by atoms with Crippen LogP contribution >= 0.6 is 11.6 Å². The fourth-order valence-electron chi connectivity index (χ4n) is 2.10. The monoisotopic (exact) mass is 363 g/mol. The van der Waals surface area contributed by atoms with Gasteiger partial charge in [0.1, 0.15) is 17.2 Å². The van der Waals surface area contributed by atoms with E-state index in [2.05, 4.69) is 15.1 Å². The molecule has 0 unspecified atom stereocenters. The second kappa shape index (κ2) is 7.27. The lowest BCUT2D eigenvalue weighted by molar-refractivity contribution is 0.0423. The standard InChI is InChI=1S/C16H14ClN3O5/c1-22-10-3-4-11(13(6-10)23-2)15-19-14(25-20-15)8-24-16(21)12-5-9(17)7-18-12/h3-7,18H,8H2,1-2H3. The van der Waals surface area contributed by atoms with E-state index in [1.54, 1.807) is 25.3 Å². The highest BCUT2D eigenvalue weighted by molar-refractivity contribution is 6.30. The zero-order valence-electron chi connectivity index (χ0n) is 13.4. The van der Waals surface area contributed by atoms with Gasteiger partial charge in [-0.2, -0.15) is 4.98 Å². The molecular formula is C16H14ClN3O5. The summed E-state index contributed by atoms with van der Waals surface area (Å²) in [6.45, 7) is -0.166. The molecule has 9 heteroatoms. The van der Waals surface area contributed by atoms with E-state index in [4.69, 9.17) is 30.3 Å². The Morgan fingerprint density at radius 1 is 1.28 bits per heavy atom. The molecule has 0 atom stereocenters. The summed E-state index contributed by atoms with van der Waals surface area (Å²) in [5.41, 5.74) is 0.863. The lowest BCUT2D eigenvalue weighted by atomic mass is 10.2. The van der Waals surface area contributed by atoms with Crippen LogP contribution < -0.4 is 9.47 Å². The summed E-state index contributed by atoms with van der Waals surface area (Å²) in [5.74, 6) is 1.06. The maximum Gasteiger partial charge on any atom is 0.355 e. The number of hydrogen-bond acceptors (Lipinski definition) is 7. The molecule has 0 radical (unpaired) electrons. The highest BCUT2D eigenvalue weighted by atomic mass is 35.5. The minimum Gasteiger partial charge on any atom is -0.497 e. The maximum atomic E-state index is 11.8. The average Bonchev–Trinajstić information content (AvgIpc) is 3.28. The van der Waals surface area contributed by atoms with Gasteiger partial charge in [0, 0.05) is 12.3 Å². The predicted octanol–water partition coefficient (Wildman–Crippen LogP) is 3.09. The highest BCUT2D eigenvalue weighted by Crippen LogP contribution is 2.31. The molecule has 2 aromatic heterocycles. The van der Waals surface area contributed by atoms with Gasteiger partial charge in [0.15, 0.2) is 6.61 Å². The van der Waals surface area contributed by atoms with E-state index in [0.29, 0.717) is 27.9 Å². The van der Waals surface area contributed by atoms with E-state index >= 15 is 0 Å². The van der Waals surface area contributed by atoms with E-state index in [1.807, 2.05) is 0 Å². The van der Waals surface area contributed by atoms with E-state index in [-0.39, 0.29) is 18.2 Å². The maximum absolute atomic E-state index is 11.8. The topological polar surface area (TPSA) is 99.5 Å². The van der Waals surface area contributed by atoms with Crippen molar-refractivity contribution in [2.24, 2.45) is 0 Å². The summed E-state index contributed by atoms with van der Waals surface area (Å²) in [7, 11) is 3.09. The number of aromatic amines is 1. The Bertz CT molecular complexity index is 890. The quantitative estimate of drug-likeness (QED) is 0.671. The molecule has 0 spiro atoms. The number of halogens is 1. The van der Waals surface area contributed by atoms with Crippen LogP contribution in [0.5, 0.6) is 11.5 Å². The van der Waals surface area contributed by atoms with Gasteiger partial charge >= 0.3 is 5.97 Å². The highest BCUT2D eigenvalue weighted by Gasteiger charge is 2.16. The van der Waals surface area contributed by atoms with Crippen molar-refractivity contribution >= 4 is 17.6 Å². The van der Waals surface area contributed by atoms with Crippen LogP contribution in [0, 0.1) is 0 Å². The number of carbonyl (C=O) groups excluding carboxylic acids is 1. The first-order chi connectivity index (χ1) is 12.1. The summed E-state index contributed by atoms with van der Waals surface area (Å²) < 4.78 is 20.7. The third-order valence-corrected chi connectivity index (χ3v) is 3.53. The molecule has 8 nitrogen and oxygen atoms in total. The SMILES string of the molecule is COc1ccc(-c2noc(COC(=O)c3cc(Cl)c[nH]3)n2)c(OC)c1. The molecule has 0 aliphatic carbocycles. The molecule has 3 aromatic rings. The first-order valence-corrected chi connectivity index (χ1v) is 7.54. The van der Waals surface area contributed by atoms with Crippen LogP contribution in [0.3, 0.4) is 0 Å². The number of ether oxygens (including phenoxy) is 3. The molecule has 0 saturated carbocycles. The minimum atomic E-state index is -0.575. The summed E-state index contributed by atoms with van der Waals surface area (Å²) in [5, 5.41) is 4.29. The van der Waals surface area contributed by atoms with Crippen molar-refractivity contribution in [2.45, 2.75) is 6.61 Å². The van der Waals surface area contributed by atoms with E-state index in [9.17, 15) is 4.79 Å². The van der Waals surface area contributed by atoms with Crippen molar-refractivity contribution in [3.05, 3.63) is 47.1 Å². The second-order valence-electron chi connectivity index (χ2n) is 4.89. The van der Waals surface area contributed by atoms with Gasteiger partial charge in [-0.05, 0) is 18.2 Å². The summed E-state index contributed by atoms with van der Waals surface area (Å²) in [4.78, 5) is 18.7. The molecule has 0 fully saturated rings. The lowest BCUT2D eigenvalue weighted by Crippen LogP contribution is -2.05. The number of hydrogen-bond donors (Lipinski definition) is 1. The summed E-state index contributed by atoms with van der Waals surface area (Å²) in [6, 6.07) is 6.67. The van der Waals surface area contributed by atoms with Gasteiger partial charge in [-0.15, -0.1) is 0 Å². The normalized spacial score (nSPS) is 10.5. The fourth-order valence-corrected chi connectivity index (χ4v) is 2.26. The van der Waals surface area contributed by atoms with Crippen molar-refractivity contribution in [3.63, 3.8) is 0 Å². The Hall–Kier alpha value is -3.00. The fraction of sp³-hybridized carbons (Fsp3) is 0.188. The molecule has 1 aromatic carbocycles. The lowest BCUT2D eigenvalue weighted by Gasteiger charge is -2.07. The van der Waals surface area contributed by atoms with Gasteiger partial charge in [-0.3, -0.25) is 0 Å². The summed E-state index contributed by atoms with van der Waals surface area (Å²) in [6.07, 6.45) is 1.49. The van der Waals surface area contributed by atoms with E-state index in [1.165, 1.54) is 19.4 Å². The van der Waals surface area contributed by atoms with Crippen LogP contribution in [0.4, 0.5) is 0 Å². The van der Waals surface area contributed by atoms with E-state index in [0.717, 1.165) is 0 Å². The molecule has 25 heavy (non-hydrogen) atoms. The first kappa shape index (κ1) is 16.8. The van der Waals surface area contributed by atoms with Crippen LogP contribution in [0.1, 0.15) is 16.4 Å². The van der Waals surface area contributed by atoms with Crippen LogP contribution in [-0.2, 0) is 11.3 Å². The molecule has 0 amide bonds. The third kappa shape index (κ3) is 3.74. The molecule has 0 aliphatic rings. The van der Waals surface area contributed by atoms with Crippen LogP contribution in [-0.4, -0.2) is 35.3 Å². The largest absolute Gasteiger partial charge is 0.497 e. The molecule has 1 N–H and O–H groups in total. The summed E-state index contributed by atoms with van der Waals surface area (Å²) >= 11 is 5.74. The van der Waals surface area contributed by atoms with Gasteiger partial charge < -0.3 is 23.7 Å². The molecule has 2 heterocycles. The zero-order chi connectivity index (χ0) is 17.8. The first-order valence-electron chi connectivity index (χ1n) is 7.16. The van der Waals surface area contributed by atoms with Gasteiger partial charge in [0.05, 0.1) is 24.8 Å². The van der Waals surface area contributed by atoms with Gasteiger partial charge in [-0.1, -0.05) is 16.8 Å². The van der Waals surface area contributed by atoms with Gasteiger partial charge in [0.2, 0.25) is 5.82 Å². The Balaban J connectivity index is 1.71. The predicted molar refractivity (Wildman–Crippen MR) is 87.8 cm³/mol. The third-order valence-electron chi connectivity index (χ3n) is 3.31. The number of H-pyrrole nitrogens is 1. The van der Waals surface area contributed by atoms with Gasteiger partial charge in [0.25, 0.3) is 5.89 Å². The number of benzene rings is 1. The Morgan fingerprint density at radius 2 is 2.12 bits per heavy atom. The number of rotatable bonds is 6. The van der Waals surface area contributed by atoms with Crippen molar-refractivity contribution in [2.75, 3.05) is 14.2 Å². The van der Waals surface area contributed by atoms with Crippen LogP contribution in [0.2, 0.25) is 5.02 Å². The number of methoxy groups -OCH3 is 2. The molecule has 0 saturated heterocycles. The van der Waals surface area contributed by atoms with E-state index < -0.39 is 5.97 Å². The smallest absolute Gasteiger partial charge is 0.355 e. The van der Waals surface area contributed by atoms with Crippen molar-refractivity contribution in [1.29, 1.82) is 0 Å². The Kier molecular flexibility index (Phi) is 4.90. The average molecular weight is 364 g/mol. The number of carbonyl (C=O) groups is 1. The van der Waals surface area contributed by atoms with Crippen LogP contribution in [0.15, 0.2) is 35.0 Å². The second-order valence-corrected chi connectivity index (χ2v) is 5.32. The van der Waals surface area contributed by atoms with Gasteiger partial charge in [-0.25, -0.2) is 4.79 Å². The molecular weight excluding hydrogens is 350 g/mol.